The van der Waals surface area contributed by atoms with Crippen LogP contribution >= 0.6 is 0 Å². The van der Waals surface area contributed by atoms with E-state index in [1.165, 1.54) is 5.56 Å². The van der Waals surface area contributed by atoms with E-state index in [0.29, 0.717) is 13.0 Å². The van der Waals surface area contributed by atoms with Crippen molar-refractivity contribution in [3.05, 3.63) is 29.8 Å². The Bertz CT molecular complexity index is 499. The zero-order valence-corrected chi connectivity index (χ0v) is 11.0. The van der Waals surface area contributed by atoms with Crippen LogP contribution in [0.15, 0.2) is 29.4 Å². The average molecular weight is 261 g/mol. The predicted molar refractivity (Wildman–Crippen MR) is 74.3 cm³/mol. The summed E-state index contributed by atoms with van der Waals surface area (Å²) >= 11 is 0. The summed E-state index contributed by atoms with van der Waals surface area (Å²) in [7, 11) is 0. The first-order valence-corrected chi connectivity index (χ1v) is 6.55. The van der Waals surface area contributed by atoms with Crippen molar-refractivity contribution in [1.82, 2.24) is 0 Å². The second kappa shape index (κ2) is 5.73. The van der Waals surface area contributed by atoms with E-state index >= 15 is 0 Å². The summed E-state index contributed by atoms with van der Waals surface area (Å²) in [5, 5.41) is 11.8. The summed E-state index contributed by atoms with van der Waals surface area (Å²) in [5.74, 6) is -0.625. The number of nitrogens with two attached hydrogens (primary N) is 1. The Morgan fingerprint density at radius 1 is 1.53 bits per heavy atom. The fourth-order valence-electron chi connectivity index (χ4n) is 2.51. The van der Waals surface area contributed by atoms with Gasteiger partial charge in [-0.15, -0.1) is 0 Å². The number of carbonyl (C=O) groups excluding carboxylic acids is 1. The largest absolute Gasteiger partial charge is 0.409 e. The van der Waals surface area contributed by atoms with E-state index < -0.39 is 5.92 Å². The van der Waals surface area contributed by atoms with Gasteiger partial charge in [-0.3, -0.25) is 4.79 Å². The van der Waals surface area contributed by atoms with Crippen LogP contribution in [0.25, 0.3) is 0 Å². The van der Waals surface area contributed by atoms with Gasteiger partial charge in [-0.1, -0.05) is 36.7 Å². The summed E-state index contributed by atoms with van der Waals surface area (Å²) < 4.78 is 0. The number of hydrogen-bond acceptors (Lipinski definition) is 3. The van der Waals surface area contributed by atoms with Crippen molar-refractivity contribution in [3.63, 3.8) is 0 Å². The first-order valence-electron chi connectivity index (χ1n) is 6.55. The molecular weight excluding hydrogens is 242 g/mol. The Morgan fingerprint density at radius 2 is 2.26 bits per heavy atom. The van der Waals surface area contributed by atoms with Gasteiger partial charge in [-0.2, -0.15) is 0 Å². The molecule has 1 aliphatic rings. The van der Waals surface area contributed by atoms with Gasteiger partial charge in [0.25, 0.3) is 0 Å². The van der Waals surface area contributed by atoms with Crippen LogP contribution < -0.4 is 10.6 Å². The maximum absolute atomic E-state index is 12.6. The fourth-order valence-corrected chi connectivity index (χ4v) is 2.51. The summed E-state index contributed by atoms with van der Waals surface area (Å²) in [5.41, 5.74) is 7.76. The third kappa shape index (κ3) is 2.54. The van der Waals surface area contributed by atoms with Gasteiger partial charge in [0, 0.05) is 12.2 Å². The lowest BCUT2D eigenvalue weighted by Gasteiger charge is -2.23. The van der Waals surface area contributed by atoms with Crippen LogP contribution in [0, 0.1) is 5.92 Å². The highest BCUT2D eigenvalue weighted by atomic mass is 16.4. The number of hydrogen-bond donors (Lipinski definition) is 2. The lowest BCUT2D eigenvalue weighted by Crippen LogP contribution is -2.41. The molecular formula is C14H19N3O2. The van der Waals surface area contributed by atoms with E-state index in [1.807, 2.05) is 31.2 Å². The van der Waals surface area contributed by atoms with Gasteiger partial charge >= 0.3 is 0 Å². The molecule has 0 saturated heterocycles. The molecule has 1 aliphatic heterocycles. The number of amides is 1. The van der Waals surface area contributed by atoms with Gasteiger partial charge in [0.1, 0.15) is 0 Å². The number of carbonyl (C=O) groups is 1. The molecule has 0 fully saturated rings. The van der Waals surface area contributed by atoms with Crippen molar-refractivity contribution in [2.75, 3.05) is 11.4 Å². The Morgan fingerprint density at radius 3 is 2.95 bits per heavy atom. The molecule has 1 unspecified atom stereocenters. The molecule has 1 amide bonds. The van der Waals surface area contributed by atoms with E-state index in [-0.39, 0.29) is 11.7 Å². The number of amidine groups is 1. The Labute approximate surface area is 112 Å². The van der Waals surface area contributed by atoms with Gasteiger partial charge < -0.3 is 15.8 Å². The number of anilines is 1. The Hall–Kier alpha value is -2.04. The lowest BCUT2D eigenvalue weighted by atomic mass is 10.0. The number of benzene rings is 1. The molecule has 1 heterocycles. The summed E-state index contributed by atoms with van der Waals surface area (Å²) in [6.07, 6.45) is 2.26. The molecule has 0 radical (unpaired) electrons. The predicted octanol–water partition coefficient (Wildman–Crippen LogP) is 1.74. The molecule has 0 saturated carbocycles. The van der Waals surface area contributed by atoms with Crippen LogP contribution in [0.5, 0.6) is 0 Å². The highest BCUT2D eigenvalue weighted by molar-refractivity contribution is 6.09. The minimum absolute atomic E-state index is 0.00349. The first kappa shape index (κ1) is 13.4. The monoisotopic (exact) mass is 261 g/mol. The molecule has 0 bridgehead atoms. The van der Waals surface area contributed by atoms with E-state index in [2.05, 4.69) is 5.16 Å². The van der Waals surface area contributed by atoms with Crippen molar-refractivity contribution in [2.24, 2.45) is 16.8 Å². The minimum Gasteiger partial charge on any atom is -0.409 e. The second-order valence-corrected chi connectivity index (χ2v) is 4.73. The molecule has 1 aromatic carbocycles. The second-order valence-electron chi connectivity index (χ2n) is 4.73. The summed E-state index contributed by atoms with van der Waals surface area (Å²) in [4.78, 5) is 14.3. The molecule has 5 heteroatoms. The highest BCUT2D eigenvalue weighted by Crippen LogP contribution is 2.29. The molecule has 5 nitrogen and oxygen atoms in total. The molecule has 1 aromatic rings. The van der Waals surface area contributed by atoms with E-state index in [4.69, 9.17) is 10.9 Å². The van der Waals surface area contributed by atoms with Gasteiger partial charge in [-0.25, -0.2) is 0 Å². The highest BCUT2D eigenvalue weighted by Gasteiger charge is 2.31. The summed E-state index contributed by atoms with van der Waals surface area (Å²) in [6.45, 7) is 2.64. The van der Waals surface area contributed by atoms with Gasteiger partial charge in [0.05, 0.1) is 5.92 Å². The molecule has 2 rings (SSSR count). The van der Waals surface area contributed by atoms with Gasteiger partial charge in [0.2, 0.25) is 5.91 Å². The van der Waals surface area contributed by atoms with Crippen LogP contribution in [0.2, 0.25) is 0 Å². The third-order valence-electron chi connectivity index (χ3n) is 3.50. The van der Waals surface area contributed by atoms with Crippen molar-refractivity contribution in [2.45, 2.75) is 26.2 Å². The molecule has 0 spiro atoms. The molecule has 0 aromatic heterocycles. The standard InChI is InChI=1S/C14H19N3O2/c1-2-5-11(13(15)16-19)14(18)17-9-8-10-6-3-4-7-12(10)17/h3-4,6-7,11,19H,2,5,8-9H2,1H3,(H2,15,16). The van der Waals surface area contributed by atoms with E-state index in [1.54, 1.807) is 4.90 Å². The zero-order chi connectivity index (χ0) is 13.8. The summed E-state index contributed by atoms with van der Waals surface area (Å²) in [6, 6.07) is 7.86. The van der Waals surface area contributed by atoms with Crippen LogP contribution in [0.1, 0.15) is 25.3 Å². The van der Waals surface area contributed by atoms with E-state index in [0.717, 1.165) is 18.5 Å². The maximum Gasteiger partial charge on any atom is 0.237 e. The third-order valence-corrected chi connectivity index (χ3v) is 3.50. The van der Waals surface area contributed by atoms with Crippen LogP contribution in [0.4, 0.5) is 5.69 Å². The number of rotatable bonds is 4. The quantitative estimate of drug-likeness (QED) is 0.375. The fraction of sp³-hybridized carbons (Fsp3) is 0.429. The topological polar surface area (TPSA) is 78.9 Å². The van der Waals surface area contributed by atoms with Gasteiger partial charge in [0.15, 0.2) is 5.84 Å². The van der Waals surface area contributed by atoms with Crippen molar-refractivity contribution < 1.29 is 10.0 Å². The van der Waals surface area contributed by atoms with Crippen LogP contribution in [-0.2, 0) is 11.2 Å². The molecule has 3 N–H and O–H groups in total. The first-order chi connectivity index (χ1) is 9.19. The number of para-hydroxylation sites is 1. The van der Waals surface area contributed by atoms with Crippen LogP contribution in [0.3, 0.4) is 0 Å². The average Bonchev–Trinajstić information content (AvgIpc) is 2.87. The van der Waals surface area contributed by atoms with Gasteiger partial charge in [-0.05, 0) is 24.5 Å². The number of oxime groups is 1. The minimum atomic E-state index is -0.541. The number of nitrogens with zero attached hydrogens (tertiary/aromatic N) is 2. The van der Waals surface area contributed by atoms with E-state index in [9.17, 15) is 4.79 Å². The van der Waals surface area contributed by atoms with Crippen molar-refractivity contribution >= 4 is 17.4 Å². The smallest absolute Gasteiger partial charge is 0.237 e. The molecule has 102 valence electrons. The van der Waals surface area contributed by atoms with Crippen LogP contribution in [-0.4, -0.2) is 23.5 Å². The Kier molecular flexibility index (Phi) is 4.04. The molecule has 0 aliphatic carbocycles. The SMILES string of the molecule is CCCC(C(=O)N1CCc2ccccc21)C(N)=NO. The Balaban J connectivity index is 2.24. The molecule has 1 atom stereocenters. The maximum atomic E-state index is 12.6. The van der Waals surface area contributed by atoms with Crippen molar-refractivity contribution in [1.29, 1.82) is 0 Å². The van der Waals surface area contributed by atoms with Crippen molar-refractivity contribution in [3.8, 4) is 0 Å². The normalized spacial score (nSPS) is 16.3. The molecule has 19 heavy (non-hydrogen) atoms. The number of fused-ring (bicyclic) bond motifs is 1. The lowest BCUT2D eigenvalue weighted by molar-refractivity contribution is -0.120. The zero-order valence-electron chi connectivity index (χ0n) is 11.0.